The van der Waals surface area contributed by atoms with Crippen molar-refractivity contribution in [2.24, 2.45) is 5.92 Å². The summed E-state index contributed by atoms with van der Waals surface area (Å²) in [6.07, 6.45) is 4.79. The van der Waals surface area contributed by atoms with Gasteiger partial charge >= 0.3 is 0 Å². The normalized spacial score (nSPS) is 17.2. The van der Waals surface area contributed by atoms with Crippen molar-refractivity contribution in [1.29, 1.82) is 0 Å². The smallest absolute Gasteiger partial charge is 0.230 e. The Morgan fingerprint density at radius 3 is 2.24 bits per heavy atom. The molecule has 2 aromatic carbocycles. The number of β-amino-alcohol motifs (C(OH)–C–C–N with tert-alkyl or cyclic N) is 1. The first-order valence-electron chi connectivity index (χ1n) is 11.9. The van der Waals surface area contributed by atoms with Crippen molar-refractivity contribution in [3.05, 3.63) is 48.0 Å². The molecule has 2 aromatic rings. The highest BCUT2D eigenvalue weighted by molar-refractivity contribution is 7.90. The second-order valence-corrected chi connectivity index (χ2v) is 10.6. The average Bonchev–Trinajstić information content (AvgIpc) is 2.84. The number of fused-ring (bicyclic) bond motifs is 1. The molecule has 0 aromatic heterocycles. The maximum absolute atomic E-state index is 13.4. The lowest BCUT2D eigenvalue weighted by atomic mass is 9.92. The van der Waals surface area contributed by atoms with Crippen LogP contribution in [0.1, 0.15) is 38.7 Å². The molecule has 1 fully saturated rings. The van der Waals surface area contributed by atoms with Gasteiger partial charge in [-0.2, -0.15) is 0 Å². The summed E-state index contributed by atoms with van der Waals surface area (Å²) in [5.74, 6) is 0.229. The van der Waals surface area contributed by atoms with Gasteiger partial charge in [0.15, 0.2) is 9.84 Å². The van der Waals surface area contributed by atoms with Crippen LogP contribution in [0.15, 0.2) is 47.4 Å². The van der Waals surface area contributed by atoms with E-state index in [1.54, 1.807) is 12.1 Å². The molecule has 1 N–H and O–H groups in total. The zero-order valence-corrected chi connectivity index (χ0v) is 20.8. The quantitative estimate of drug-likeness (QED) is 0.717. The van der Waals surface area contributed by atoms with Crippen LogP contribution in [0.25, 0.3) is 11.1 Å². The number of rotatable bonds is 5. The van der Waals surface area contributed by atoms with E-state index in [4.69, 9.17) is 5.11 Å². The minimum absolute atomic E-state index is 0.0265. The highest BCUT2D eigenvalue weighted by atomic mass is 32.2. The molecule has 1 saturated heterocycles. The number of hydrogen-bond acceptors (Lipinski definition) is 5. The minimum atomic E-state index is -3.23. The number of benzene rings is 2. The summed E-state index contributed by atoms with van der Waals surface area (Å²) in [6.45, 7) is 7.27. The molecule has 6 nitrogen and oxygen atoms in total. The summed E-state index contributed by atoms with van der Waals surface area (Å²) >= 11 is 0. The number of hydrogen-bond donors (Lipinski definition) is 1. The molecule has 33 heavy (non-hydrogen) atoms. The first kappa shape index (κ1) is 25.4. The Labute approximate surface area is 198 Å². The molecular weight excluding hydrogens is 436 g/mol. The number of carbonyl (C=O) groups excluding carboxylic acids is 1. The van der Waals surface area contributed by atoms with Gasteiger partial charge in [-0.1, -0.05) is 38.1 Å². The Bertz CT molecular complexity index is 1040. The number of nitrogens with zero attached hydrogens (tertiary/aromatic N) is 2. The molecule has 2 aliphatic rings. The number of piperidine rings is 1. The van der Waals surface area contributed by atoms with E-state index in [0.717, 1.165) is 62.1 Å². The van der Waals surface area contributed by atoms with Gasteiger partial charge in [-0.05, 0) is 73.7 Å². The highest BCUT2D eigenvalue weighted by Gasteiger charge is 2.31. The van der Waals surface area contributed by atoms with Gasteiger partial charge in [0.1, 0.15) is 0 Å². The van der Waals surface area contributed by atoms with Crippen molar-refractivity contribution in [3.8, 4) is 11.1 Å². The van der Waals surface area contributed by atoms with Crippen LogP contribution >= 0.6 is 0 Å². The molecule has 180 valence electrons. The topological polar surface area (TPSA) is 77.9 Å². The van der Waals surface area contributed by atoms with Crippen LogP contribution in [0.4, 0.5) is 5.69 Å². The maximum Gasteiger partial charge on any atom is 0.230 e. The molecule has 1 amide bonds. The summed E-state index contributed by atoms with van der Waals surface area (Å²) in [5, 5.41) is 9.13. The Morgan fingerprint density at radius 2 is 1.64 bits per heavy atom. The zero-order valence-electron chi connectivity index (χ0n) is 20.0. The molecule has 0 radical (unpaired) electrons. The lowest BCUT2D eigenvalue weighted by Crippen LogP contribution is -2.44. The summed E-state index contributed by atoms with van der Waals surface area (Å²) in [7, 11) is -3.23. The number of amides is 1. The van der Waals surface area contributed by atoms with Crippen LogP contribution in [0.3, 0.4) is 0 Å². The third-order valence-corrected chi connectivity index (χ3v) is 7.57. The fourth-order valence-electron chi connectivity index (χ4n) is 4.64. The predicted octanol–water partition coefficient (Wildman–Crippen LogP) is 3.77. The lowest BCUT2D eigenvalue weighted by Gasteiger charge is -2.36. The van der Waals surface area contributed by atoms with Crippen molar-refractivity contribution in [2.45, 2.75) is 44.4 Å². The van der Waals surface area contributed by atoms with E-state index in [2.05, 4.69) is 23.1 Å². The van der Waals surface area contributed by atoms with Crippen LogP contribution in [0, 0.1) is 5.92 Å². The van der Waals surface area contributed by atoms with Gasteiger partial charge in [0.25, 0.3) is 0 Å². The minimum Gasteiger partial charge on any atom is -0.395 e. The number of aliphatic hydroxyl groups is 1. The highest BCUT2D eigenvalue weighted by Crippen LogP contribution is 2.34. The van der Waals surface area contributed by atoms with E-state index in [0.29, 0.717) is 11.4 Å². The lowest BCUT2D eigenvalue weighted by molar-refractivity contribution is -0.123. The van der Waals surface area contributed by atoms with Crippen molar-refractivity contribution >= 4 is 21.4 Å². The standard InChI is InChI=1S/C24H30N2O4S.C2H6/c1-31(29,30)22-8-6-18(7-9-22)21-5-4-19-3-2-12-26(23(19)17-21)24(28)20-10-13-25(14-11-20)15-16-27;1-2/h4-9,17,20,27H,2-3,10-16H2,1H3;1-2H3. The third kappa shape index (κ3) is 6.02. The number of aryl methyl sites for hydroxylation is 1. The van der Waals surface area contributed by atoms with E-state index in [1.807, 2.05) is 30.9 Å². The molecule has 0 bridgehead atoms. The Kier molecular flexibility index (Phi) is 8.68. The predicted molar refractivity (Wildman–Crippen MR) is 133 cm³/mol. The third-order valence-electron chi connectivity index (χ3n) is 6.44. The summed E-state index contributed by atoms with van der Waals surface area (Å²) in [5.41, 5.74) is 4.09. The van der Waals surface area contributed by atoms with Crippen LogP contribution in [-0.2, 0) is 21.1 Å². The van der Waals surface area contributed by atoms with Crippen molar-refractivity contribution in [3.63, 3.8) is 0 Å². The summed E-state index contributed by atoms with van der Waals surface area (Å²) < 4.78 is 23.5. The molecule has 2 heterocycles. The molecule has 2 aliphatic heterocycles. The second kappa shape index (κ2) is 11.3. The first-order valence-corrected chi connectivity index (χ1v) is 13.8. The van der Waals surface area contributed by atoms with Crippen LogP contribution in [0.2, 0.25) is 0 Å². The molecule has 0 saturated carbocycles. The number of aliphatic hydroxyl groups excluding tert-OH is 1. The molecule has 7 heteroatoms. The Hall–Kier alpha value is -2.22. The van der Waals surface area contributed by atoms with E-state index >= 15 is 0 Å². The molecule has 0 unspecified atom stereocenters. The van der Waals surface area contributed by atoms with Crippen LogP contribution < -0.4 is 4.90 Å². The van der Waals surface area contributed by atoms with E-state index < -0.39 is 9.84 Å². The van der Waals surface area contributed by atoms with E-state index in [-0.39, 0.29) is 18.4 Å². The second-order valence-electron chi connectivity index (χ2n) is 8.57. The molecule has 4 rings (SSSR count). The fraction of sp³-hybridized carbons (Fsp3) is 0.500. The number of likely N-dealkylation sites (tertiary alicyclic amines) is 1. The Morgan fingerprint density at radius 1 is 1.00 bits per heavy atom. The zero-order chi connectivity index (χ0) is 24.0. The monoisotopic (exact) mass is 472 g/mol. The van der Waals surface area contributed by atoms with E-state index in [9.17, 15) is 13.2 Å². The van der Waals surface area contributed by atoms with Gasteiger partial charge in [-0.15, -0.1) is 0 Å². The largest absolute Gasteiger partial charge is 0.395 e. The van der Waals surface area contributed by atoms with Gasteiger partial charge in [-0.25, -0.2) is 8.42 Å². The van der Waals surface area contributed by atoms with Gasteiger partial charge in [0.2, 0.25) is 5.91 Å². The average molecular weight is 473 g/mol. The number of carbonyl (C=O) groups is 1. The van der Waals surface area contributed by atoms with Gasteiger partial charge in [0, 0.05) is 31.0 Å². The number of anilines is 1. The Balaban J connectivity index is 0.00000149. The van der Waals surface area contributed by atoms with Crippen molar-refractivity contribution in [1.82, 2.24) is 4.90 Å². The van der Waals surface area contributed by atoms with Crippen LogP contribution in [-0.4, -0.2) is 63.4 Å². The fourth-order valence-corrected chi connectivity index (χ4v) is 5.27. The molecule has 0 aliphatic carbocycles. The van der Waals surface area contributed by atoms with Crippen molar-refractivity contribution in [2.75, 3.05) is 43.9 Å². The molecular formula is C26H36N2O4S. The van der Waals surface area contributed by atoms with E-state index in [1.165, 1.54) is 11.8 Å². The van der Waals surface area contributed by atoms with Gasteiger partial charge < -0.3 is 14.9 Å². The first-order chi connectivity index (χ1) is 15.9. The number of sulfone groups is 1. The SMILES string of the molecule is CC.CS(=O)(=O)c1ccc(-c2ccc3c(c2)N(C(=O)C2CCN(CCO)CC2)CCC3)cc1. The van der Waals surface area contributed by atoms with Crippen LogP contribution in [0.5, 0.6) is 0 Å². The summed E-state index contributed by atoms with van der Waals surface area (Å²) in [4.78, 5) is 17.9. The van der Waals surface area contributed by atoms with Gasteiger partial charge in [0.05, 0.1) is 11.5 Å². The molecule has 0 spiro atoms. The molecule has 0 atom stereocenters. The van der Waals surface area contributed by atoms with Crippen molar-refractivity contribution < 1.29 is 18.3 Å². The van der Waals surface area contributed by atoms with Gasteiger partial charge in [-0.3, -0.25) is 4.79 Å². The maximum atomic E-state index is 13.4. The summed E-state index contributed by atoms with van der Waals surface area (Å²) in [6, 6.07) is 13.1.